The van der Waals surface area contributed by atoms with Gasteiger partial charge in [-0.15, -0.1) is 0 Å². The van der Waals surface area contributed by atoms with Crippen molar-refractivity contribution in [1.29, 1.82) is 0 Å². The molecule has 0 aromatic carbocycles. The van der Waals surface area contributed by atoms with E-state index in [-0.39, 0.29) is 11.3 Å². The molecule has 0 radical (unpaired) electrons. The largest absolute Gasteiger partial charge is 0.381 e. The van der Waals surface area contributed by atoms with Crippen molar-refractivity contribution in [2.75, 3.05) is 32.8 Å². The number of ether oxygens (including phenoxy) is 1. The summed E-state index contributed by atoms with van der Waals surface area (Å²) in [6.07, 6.45) is 3.11. The highest BCUT2D eigenvalue weighted by molar-refractivity contribution is 5.82. The van der Waals surface area contributed by atoms with Gasteiger partial charge in [-0.2, -0.15) is 0 Å². The molecule has 1 unspecified atom stereocenters. The van der Waals surface area contributed by atoms with Crippen LogP contribution >= 0.6 is 0 Å². The normalized spacial score (nSPS) is 31.6. The van der Waals surface area contributed by atoms with Gasteiger partial charge >= 0.3 is 0 Å². The first-order chi connectivity index (χ1) is 7.71. The Morgan fingerprint density at radius 3 is 2.88 bits per heavy atom. The van der Waals surface area contributed by atoms with Crippen molar-refractivity contribution >= 4 is 5.91 Å². The molecule has 0 aromatic rings. The summed E-state index contributed by atoms with van der Waals surface area (Å²) >= 11 is 0. The average molecular weight is 226 g/mol. The number of nitrogens with one attached hydrogen (secondary N) is 2. The van der Waals surface area contributed by atoms with Crippen LogP contribution in [0.2, 0.25) is 0 Å². The molecule has 2 N–H and O–H groups in total. The van der Waals surface area contributed by atoms with E-state index in [2.05, 4.69) is 10.6 Å². The molecule has 2 aliphatic rings. The number of rotatable bonds is 3. The second-order valence-corrected chi connectivity index (χ2v) is 5.25. The van der Waals surface area contributed by atoms with Gasteiger partial charge in [-0.25, -0.2) is 0 Å². The van der Waals surface area contributed by atoms with Crippen LogP contribution in [-0.2, 0) is 9.53 Å². The van der Waals surface area contributed by atoms with E-state index >= 15 is 0 Å². The Morgan fingerprint density at radius 2 is 2.25 bits per heavy atom. The van der Waals surface area contributed by atoms with Gasteiger partial charge in [-0.1, -0.05) is 0 Å². The predicted molar refractivity (Wildman–Crippen MR) is 62.1 cm³/mol. The topological polar surface area (TPSA) is 50.4 Å². The maximum absolute atomic E-state index is 12.0. The monoisotopic (exact) mass is 226 g/mol. The van der Waals surface area contributed by atoms with Crippen LogP contribution in [0.1, 0.15) is 26.2 Å². The minimum absolute atomic E-state index is 0.189. The maximum atomic E-state index is 12.0. The van der Waals surface area contributed by atoms with Gasteiger partial charge in [0.15, 0.2) is 0 Å². The van der Waals surface area contributed by atoms with E-state index in [1.807, 2.05) is 6.92 Å². The number of carbonyl (C=O) groups excluding carboxylic acids is 1. The maximum Gasteiger partial charge on any atom is 0.227 e. The van der Waals surface area contributed by atoms with E-state index in [1.165, 1.54) is 0 Å². The minimum Gasteiger partial charge on any atom is -0.381 e. The quantitative estimate of drug-likeness (QED) is 0.738. The smallest absolute Gasteiger partial charge is 0.227 e. The lowest BCUT2D eigenvalue weighted by atomic mass is 9.88. The second-order valence-electron chi connectivity index (χ2n) is 5.25. The fourth-order valence-corrected chi connectivity index (χ4v) is 2.41. The third-order valence-electron chi connectivity index (χ3n) is 3.81. The van der Waals surface area contributed by atoms with E-state index < -0.39 is 0 Å². The molecule has 1 atom stereocenters. The molecule has 4 nitrogen and oxygen atoms in total. The summed E-state index contributed by atoms with van der Waals surface area (Å²) in [5.74, 6) is 0.819. The Bertz CT molecular complexity index is 243. The van der Waals surface area contributed by atoms with E-state index in [0.29, 0.717) is 5.92 Å². The number of hydrogen-bond donors (Lipinski definition) is 2. The Hall–Kier alpha value is -0.610. The first kappa shape index (κ1) is 11.9. The van der Waals surface area contributed by atoms with Crippen molar-refractivity contribution in [2.45, 2.75) is 26.2 Å². The fraction of sp³-hybridized carbons (Fsp3) is 0.917. The van der Waals surface area contributed by atoms with Gasteiger partial charge in [-0.3, -0.25) is 4.79 Å². The Kier molecular flexibility index (Phi) is 3.82. The molecule has 2 aliphatic heterocycles. The summed E-state index contributed by atoms with van der Waals surface area (Å²) in [4.78, 5) is 12.0. The van der Waals surface area contributed by atoms with Crippen LogP contribution in [0.4, 0.5) is 0 Å². The molecule has 2 saturated heterocycles. The molecule has 0 aromatic heterocycles. The SMILES string of the molecule is CC1(C(=O)NCC2CCOCC2)CCNC1. The zero-order valence-electron chi connectivity index (χ0n) is 10.1. The molecule has 16 heavy (non-hydrogen) atoms. The lowest BCUT2D eigenvalue weighted by Gasteiger charge is -2.26. The van der Waals surface area contributed by atoms with Crippen LogP contribution in [0.15, 0.2) is 0 Å². The van der Waals surface area contributed by atoms with Crippen LogP contribution < -0.4 is 10.6 Å². The molecule has 2 heterocycles. The zero-order chi connectivity index (χ0) is 11.4. The van der Waals surface area contributed by atoms with E-state index in [4.69, 9.17) is 4.74 Å². The van der Waals surface area contributed by atoms with Crippen LogP contribution in [0.25, 0.3) is 0 Å². The van der Waals surface area contributed by atoms with Crippen molar-refractivity contribution in [3.05, 3.63) is 0 Å². The van der Waals surface area contributed by atoms with Gasteiger partial charge < -0.3 is 15.4 Å². The molecule has 0 aliphatic carbocycles. The number of hydrogen-bond acceptors (Lipinski definition) is 3. The van der Waals surface area contributed by atoms with E-state index in [0.717, 1.165) is 52.1 Å². The zero-order valence-corrected chi connectivity index (χ0v) is 10.1. The fourth-order valence-electron chi connectivity index (χ4n) is 2.41. The molecule has 2 fully saturated rings. The summed E-state index contributed by atoms with van der Waals surface area (Å²) in [5, 5.41) is 6.35. The first-order valence-electron chi connectivity index (χ1n) is 6.27. The van der Waals surface area contributed by atoms with Crippen LogP contribution in [0.3, 0.4) is 0 Å². The van der Waals surface area contributed by atoms with Crippen LogP contribution in [0.5, 0.6) is 0 Å². The average Bonchev–Trinajstić information content (AvgIpc) is 2.76. The predicted octanol–water partition coefficient (Wildman–Crippen LogP) is 0.529. The van der Waals surface area contributed by atoms with Gasteiger partial charge in [0.1, 0.15) is 0 Å². The summed E-state index contributed by atoms with van der Waals surface area (Å²) in [6, 6.07) is 0. The molecule has 0 bridgehead atoms. The van der Waals surface area contributed by atoms with Crippen molar-refractivity contribution in [2.24, 2.45) is 11.3 Å². The van der Waals surface area contributed by atoms with Crippen LogP contribution in [0, 0.1) is 11.3 Å². The first-order valence-corrected chi connectivity index (χ1v) is 6.27. The molecule has 2 rings (SSSR count). The van der Waals surface area contributed by atoms with Crippen molar-refractivity contribution in [3.63, 3.8) is 0 Å². The summed E-state index contributed by atoms with van der Waals surface area (Å²) in [5.41, 5.74) is -0.189. The summed E-state index contributed by atoms with van der Waals surface area (Å²) in [6.45, 7) is 6.33. The van der Waals surface area contributed by atoms with Crippen molar-refractivity contribution in [3.8, 4) is 0 Å². The lowest BCUT2D eigenvalue weighted by Crippen LogP contribution is -2.42. The molecular formula is C12H22N2O2. The Balaban J connectivity index is 1.74. The van der Waals surface area contributed by atoms with Crippen molar-refractivity contribution in [1.82, 2.24) is 10.6 Å². The minimum atomic E-state index is -0.189. The highest BCUT2D eigenvalue weighted by Gasteiger charge is 2.36. The van der Waals surface area contributed by atoms with Gasteiger partial charge in [0.05, 0.1) is 5.41 Å². The molecule has 92 valence electrons. The summed E-state index contributed by atoms with van der Waals surface area (Å²) < 4.78 is 5.30. The van der Waals surface area contributed by atoms with E-state index in [9.17, 15) is 4.79 Å². The highest BCUT2D eigenvalue weighted by atomic mass is 16.5. The molecule has 1 amide bonds. The number of amides is 1. The third kappa shape index (κ3) is 2.74. The second kappa shape index (κ2) is 5.15. The highest BCUT2D eigenvalue weighted by Crippen LogP contribution is 2.24. The lowest BCUT2D eigenvalue weighted by molar-refractivity contribution is -0.129. The van der Waals surface area contributed by atoms with Gasteiger partial charge in [0, 0.05) is 26.3 Å². The summed E-state index contributed by atoms with van der Waals surface area (Å²) in [7, 11) is 0. The molecule has 0 saturated carbocycles. The van der Waals surface area contributed by atoms with Gasteiger partial charge in [-0.05, 0) is 38.6 Å². The Labute approximate surface area is 97.1 Å². The van der Waals surface area contributed by atoms with Crippen LogP contribution in [-0.4, -0.2) is 38.8 Å². The standard InChI is InChI=1S/C12H22N2O2/c1-12(4-5-13-9-12)11(15)14-8-10-2-6-16-7-3-10/h10,13H,2-9H2,1H3,(H,14,15). The van der Waals surface area contributed by atoms with Gasteiger partial charge in [0.25, 0.3) is 0 Å². The molecular weight excluding hydrogens is 204 g/mol. The van der Waals surface area contributed by atoms with Crippen molar-refractivity contribution < 1.29 is 9.53 Å². The van der Waals surface area contributed by atoms with E-state index in [1.54, 1.807) is 0 Å². The van der Waals surface area contributed by atoms with Gasteiger partial charge in [0.2, 0.25) is 5.91 Å². The Morgan fingerprint density at radius 1 is 1.50 bits per heavy atom. The molecule has 4 heteroatoms. The molecule has 0 spiro atoms. The number of carbonyl (C=O) groups is 1. The third-order valence-corrected chi connectivity index (χ3v) is 3.81.